The van der Waals surface area contributed by atoms with Crippen LogP contribution in [-0.2, 0) is 21.1 Å². The first-order valence-corrected chi connectivity index (χ1v) is 13.6. The van der Waals surface area contributed by atoms with Crippen molar-refractivity contribution < 1.29 is 22.9 Å². The van der Waals surface area contributed by atoms with Crippen LogP contribution in [-0.4, -0.2) is 44.8 Å². The normalized spacial score (nSPS) is 15.4. The van der Waals surface area contributed by atoms with Gasteiger partial charge in [-0.3, -0.25) is 14.9 Å². The monoisotopic (exact) mass is 523 g/mol. The Morgan fingerprint density at radius 3 is 2.46 bits per heavy atom. The average Bonchev–Trinajstić information content (AvgIpc) is 3.38. The number of aryl methyl sites for hydroxylation is 1. The summed E-state index contributed by atoms with van der Waals surface area (Å²) in [5, 5.41) is 14.1. The molecule has 1 unspecified atom stereocenters. The van der Waals surface area contributed by atoms with Gasteiger partial charge < -0.3 is 15.0 Å². The Bertz CT molecular complexity index is 1390. The fourth-order valence-electron chi connectivity index (χ4n) is 4.51. The molecule has 0 bridgehead atoms. The summed E-state index contributed by atoms with van der Waals surface area (Å²) in [5.74, 6) is -0.181. The maximum absolute atomic E-state index is 13.1. The molecule has 1 amide bonds. The largest absolute Gasteiger partial charge is 0.497 e. The van der Waals surface area contributed by atoms with Crippen molar-refractivity contribution in [3.63, 3.8) is 0 Å². The van der Waals surface area contributed by atoms with E-state index in [2.05, 4.69) is 5.32 Å². The average molecular weight is 524 g/mol. The number of benzene rings is 3. The standard InChI is InChI=1S/C27H29N3O6S/c1-19-5-12-24(13-6-19)37(34,35)18-28-27(31)26-4-3-15-29(26)25-14-9-22(30(32)33)17-21(25)16-20-7-10-23(36-2)11-8-20/h5-14,17,26H,3-4,15-16,18H2,1-2H3,(H,28,31). The molecule has 37 heavy (non-hydrogen) atoms. The van der Waals surface area contributed by atoms with Crippen LogP contribution in [0.1, 0.15) is 29.5 Å². The molecule has 1 atom stereocenters. The van der Waals surface area contributed by atoms with E-state index in [9.17, 15) is 23.3 Å². The van der Waals surface area contributed by atoms with E-state index >= 15 is 0 Å². The highest BCUT2D eigenvalue weighted by Gasteiger charge is 2.33. The van der Waals surface area contributed by atoms with E-state index in [0.29, 0.717) is 30.7 Å². The highest BCUT2D eigenvalue weighted by molar-refractivity contribution is 7.91. The number of ether oxygens (including phenoxy) is 1. The summed E-state index contributed by atoms with van der Waals surface area (Å²) in [4.78, 5) is 26.2. The lowest BCUT2D eigenvalue weighted by atomic mass is 10.0. The van der Waals surface area contributed by atoms with Crippen molar-refractivity contribution in [3.8, 4) is 5.75 Å². The Hall–Kier alpha value is -3.92. The molecule has 1 aliphatic rings. The molecule has 4 rings (SSSR count). The molecular formula is C27H29N3O6S. The van der Waals surface area contributed by atoms with Crippen molar-refractivity contribution in [2.75, 3.05) is 24.4 Å². The van der Waals surface area contributed by atoms with Gasteiger partial charge in [-0.25, -0.2) is 8.42 Å². The molecule has 1 aliphatic heterocycles. The Morgan fingerprint density at radius 1 is 1.11 bits per heavy atom. The molecule has 1 N–H and O–H groups in total. The number of sulfone groups is 1. The zero-order chi connectivity index (χ0) is 26.6. The highest BCUT2D eigenvalue weighted by Crippen LogP contribution is 2.33. The molecule has 0 aliphatic carbocycles. The lowest BCUT2D eigenvalue weighted by Crippen LogP contribution is -2.45. The minimum atomic E-state index is -3.69. The number of nitrogens with zero attached hydrogens (tertiary/aromatic N) is 2. The van der Waals surface area contributed by atoms with Crippen LogP contribution in [0.25, 0.3) is 0 Å². The molecular weight excluding hydrogens is 494 g/mol. The van der Waals surface area contributed by atoms with Gasteiger partial charge in [0.2, 0.25) is 5.91 Å². The number of nitrogens with one attached hydrogen (secondary N) is 1. The summed E-state index contributed by atoms with van der Waals surface area (Å²) in [6, 6.07) is 18.0. The Labute approximate surface area is 216 Å². The van der Waals surface area contributed by atoms with Crippen LogP contribution < -0.4 is 15.0 Å². The predicted molar refractivity (Wildman–Crippen MR) is 141 cm³/mol. The quantitative estimate of drug-likeness (QED) is 0.332. The van der Waals surface area contributed by atoms with E-state index in [1.165, 1.54) is 24.3 Å². The van der Waals surface area contributed by atoms with Crippen LogP contribution in [0.2, 0.25) is 0 Å². The highest BCUT2D eigenvalue weighted by atomic mass is 32.2. The number of carbonyl (C=O) groups is 1. The summed E-state index contributed by atoms with van der Waals surface area (Å²) in [7, 11) is -2.11. The Kier molecular flexibility index (Phi) is 7.77. The summed E-state index contributed by atoms with van der Waals surface area (Å²) >= 11 is 0. The SMILES string of the molecule is COc1ccc(Cc2cc([N+](=O)[O-])ccc2N2CCCC2C(=O)NCS(=O)(=O)c2ccc(C)cc2)cc1. The second-order valence-corrected chi connectivity index (χ2v) is 11.0. The molecule has 0 saturated carbocycles. The van der Waals surface area contributed by atoms with Gasteiger partial charge in [0.25, 0.3) is 5.69 Å². The molecule has 3 aromatic rings. The molecule has 0 spiro atoms. The Balaban J connectivity index is 1.55. The minimum absolute atomic E-state index is 0.0309. The molecule has 10 heteroatoms. The first-order valence-electron chi connectivity index (χ1n) is 11.9. The van der Waals surface area contributed by atoms with Crippen molar-refractivity contribution in [2.24, 2.45) is 0 Å². The van der Waals surface area contributed by atoms with Crippen molar-refractivity contribution in [2.45, 2.75) is 37.1 Å². The molecule has 1 saturated heterocycles. The summed E-state index contributed by atoms with van der Waals surface area (Å²) in [6.45, 7) is 2.45. The summed E-state index contributed by atoms with van der Waals surface area (Å²) in [6.07, 6.45) is 1.71. The lowest BCUT2D eigenvalue weighted by molar-refractivity contribution is -0.384. The van der Waals surface area contributed by atoms with Crippen molar-refractivity contribution in [1.82, 2.24) is 5.32 Å². The Morgan fingerprint density at radius 2 is 1.81 bits per heavy atom. The number of methoxy groups -OCH3 is 1. The van der Waals surface area contributed by atoms with Gasteiger partial charge in [-0.2, -0.15) is 0 Å². The van der Waals surface area contributed by atoms with E-state index in [1.807, 2.05) is 36.1 Å². The number of anilines is 1. The molecule has 194 valence electrons. The number of non-ortho nitro benzene ring substituents is 1. The van der Waals surface area contributed by atoms with Gasteiger partial charge in [-0.1, -0.05) is 29.8 Å². The number of nitro groups is 1. The van der Waals surface area contributed by atoms with Gasteiger partial charge >= 0.3 is 0 Å². The fraction of sp³-hybridized carbons (Fsp3) is 0.296. The summed E-state index contributed by atoms with van der Waals surface area (Å²) in [5.41, 5.74) is 3.29. The van der Waals surface area contributed by atoms with Crippen molar-refractivity contribution >= 4 is 27.1 Å². The first kappa shape index (κ1) is 26.2. The second kappa shape index (κ2) is 11.0. The van der Waals surface area contributed by atoms with Crippen LogP contribution in [0.15, 0.2) is 71.6 Å². The lowest BCUT2D eigenvalue weighted by Gasteiger charge is -2.28. The fourth-order valence-corrected chi connectivity index (χ4v) is 5.56. The number of hydrogen-bond donors (Lipinski definition) is 1. The number of carbonyl (C=O) groups excluding carboxylic acids is 1. The maximum Gasteiger partial charge on any atom is 0.269 e. The van der Waals surface area contributed by atoms with Gasteiger partial charge in [0, 0.05) is 24.4 Å². The summed E-state index contributed by atoms with van der Waals surface area (Å²) < 4.78 is 30.6. The van der Waals surface area contributed by atoms with Crippen LogP contribution in [0.4, 0.5) is 11.4 Å². The number of rotatable bonds is 9. The maximum atomic E-state index is 13.1. The van der Waals surface area contributed by atoms with Crippen LogP contribution in [0, 0.1) is 17.0 Å². The molecule has 0 aromatic heterocycles. The topological polar surface area (TPSA) is 119 Å². The number of nitro benzene ring substituents is 1. The first-order chi connectivity index (χ1) is 17.7. The molecule has 0 radical (unpaired) electrons. The third-order valence-electron chi connectivity index (χ3n) is 6.51. The minimum Gasteiger partial charge on any atom is -0.497 e. The van der Waals surface area contributed by atoms with E-state index in [1.54, 1.807) is 25.3 Å². The van der Waals surface area contributed by atoms with E-state index in [4.69, 9.17) is 4.74 Å². The molecule has 1 fully saturated rings. The third kappa shape index (κ3) is 6.08. The van der Waals surface area contributed by atoms with E-state index < -0.39 is 26.7 Å². The third-order valence-corrected chi connectivity index (χ3v) is 8.02. The second-order valence-electron chi connectivity index (χ2n) is 9.06. The zero-order valence-corrected chi connectivity index (χ0v) is 21.5. The number of hydrogen-bond acceptors (Lipinski definition) is 7. The zero-order valence-electron chi connectivity index (χ0n) is 20.7. The van der Waals surface area contributed by atoms with Gasteiger partial charge in [-0.05, 0) is 67.6 Å². The smallest absolute Gasteiger partial charge is 0.269 e. The van der Waals surface area contributed by atoms with Crippen molar-refractivity contribution in [1.29, 1.82) is 0 Å². The van der Waals surface area contributed by atoms with Gasteiger partial charge in [-0.15, -0.1) is 0 Å². The van der Waals surface area contributed by atoms with Gasteiger partial charge in [0.15, 0.2) is 9.84 Å². The number of amides is 1. The molecule has 3 aromatic carbocycles. The van der Waals surface area contributed by atoms with Gasteiger partial charge in [0.05, 0.1) is 16.9 Å². The van der Waals surface area contributed by atoms with Crippen molar-refractivity contribution in [3.05, 3.63) is 93.5 Å². The molecule has 9 nitrogen and oxygen atoms in total. The van der Waals surface area contributed by atoms with E-state index in [-0.39, 0.29) is 16.5 Å². The van der Waals surface area contributed by atoms with Crippen LogP contribution >= 0.6 is 0 Å². The van der Waals surface area contributed by atoms with E-state index in [0.717, 1.165) is 23.2 Å². The van der Waals surface area contributed by atoms with Crippen LogP contribution in [0.5, 0.6) is 5.75 Å². The van der Waals surface area contributed by atoms with Crippen LogP contribution in [0.3, 0.4) is 0 Å². The predicted octanol–water partition coefficient (Wildman–Crippen LogP) is 4.02. The van der Waals surface area contributed by atoms with Gasteiger partial charge in [0.1, 0.15) is 17.7 Å². The molecule has 1 heterocycles.